The fraction of sp³-hybridized carbons (Fsp3) is 0.579. The molecule has 138 valence electrons. The summed E-state index contributed by atoms with van der Waals surface area (Å²) in [7, 11) is 0. The van der Waals surface area contributed by atoms with E-state index in [1.807, 2.05) is 20.8 Å². The summed E-state index contributed by atoms with van der Waals surface area (Å²) in [5.41, 5.74) is -1.14. The van der Waals surface area contributed by atoms with E-state index in [1.165, 1.54) is 4.90 Å². The third-order valence-corrected chi connectivity index (χ3v) is 4.80. The zero-order valence-corrected chi connectivity index (χ0v) is 15.2. The minimum Gasteiger partial charge on any atom is -0.465 e. The number of benzene rings is 1. The van der Waals surface area contributed by atoms with Crippen molar-refractivity contribution in [3.8, 4) is 0 Å². The van der Waals surface area contributed by atoms with Gasteiger partial charge in [0.05, 0.1) is 12.2 Å². The summed E-state index contributed by atoms with van der Waals surface area (Å²) < 4.78 is 20.6. The van der Waals surface area contributed by atoms with E-state index in [1.54, 1.807) is 31.2 Å². The number of ether oxygens (including phenoxy) is 1. The quantitative estimate of drug-likeness (QED) is 0.828. The zero-order chi connectivity index (χ0) is 18.8. The highest BCUT2D eigenvalue weighted by molar-refractivity contribution is 5.89. The highest BCUT2D eigenvalue weighted by Crippen LogP contribution is 2.44. The lowest BCUT2D eigenvalue weighted by Gasteiger charge is -2.47. The van der Waals surface area contributed by atoms with Gasteiger partial charge in [-0.2, -0.15) is 0 Å². The van der Waals surface area contributed by atoms with Crippen LogP contribution in [0.3, 0.4) is 0 Å². The van der Waals surface area contributed by atoms with E-state index in [9.17, 15) is 14.7 Å². The molecule has 0 saturated carbocycles. The van der Waals surface area contributed by atoms with Gasteiger partial charge in [0.15, 0.2) is 0 Å². The van der Waals surface area contributed by atoms with Gasteiger partial charge in [0.2, 0.25) is 0 Å². The van der Waals surface area contributed by atoms with Crippen LogP contribution >= 0.6 is 0 Å². The van der Waals surface area contributed by atoms with Crippen molar-refractivity contribution >= 4 is 12.1 Å². The Kier molecular flexibility index (Phi) is 5.40. The first-order valence-electron chi connectivity index (χ1n) is 8.54. The van der Waals surface area contributed by atoms with Gasteiger partial charge in [0.25, 0.3) is 0 Å². The van der Waals surface area contributed by atoms with Gasteiger partial charge in [-0.05, 0) is 30.0 Å². The molecule has 1 aromatic rings. The Morgan fingerprint density at radius 1 is 1.32 bits per heavy atom. The second kappa shape index (κ2) is 7.02. The van der Waals surface area contributed by atoms with Crippen LogP contribution in [0.5, 0.6) is 0 Å². The molecular weight excluding hydrogens is 325 g/mol. The number of carboxylic acid groups (broad SMARTS) is 1. The molecule has 0 spiro atoms. The lowest BCUT2D eigenvalue weighted by Crippen LogP contribution is -2.54. The Bertz CT molecular complexity index is 638. The number of piperidine rings is 1. The van der Waals surface area contributed by atoms with Crippen LogP contribution in [-0.4, -0.2) is 41.3 Å². The molecule has 1 aliphatic heterocycles. The van der Waals surface area contributed by atoms with Crippen LogP contribution in [0.25, 0.3) is 0 Å². The molecule has 1 heterocycles. The minimum absolute atomic E-state index is 0.0988. The van der Waals surface area contributed by atoms with E-state index < -0.39 is 23.8 Å². The highest BCUT2D eigenvalue weighted by atomic mass is 19.1. The fourth-order valence-corrected chi connectivity index (χ4v) is 3.36. The van der Waals surface area contributed by atoms with Gasteiger partial charge in [-0.15, -0.1) is 0 Å². The molecule has 2 atom stereocenters. The normalized spacial score (nSPS) is 24.0. The summed E-state index contributed by atoms with van der Waals surface area (Å²) in [6, 6.07) is 5.90. The molecule has 5 nitrogen and oxygen atoms in total. The van der Waals surface area contributed by atoms with Gasteiger partial charge in [0.1, 0.15) is 5.67 Å². The van der Waals surface area contributed by atoms with E-state index in [0.29, 0.717) is 11.1 Å². The molecular formula is C19H26FNO4. The maximum absolute atomic E-state index is 15.7. The van der Waals surface area contributed by atoms with Gasteiger partial charge in [0, 0.05) is 25.4 Å². The van der Waals surface area contributed by atoms with Crippen molar-refractivity contribution in [2.75, 3.05) is 13.2 Å². The van der Waals surface area contributed by atoms with Crippen molar-refractivity contribution in [1.82, 2.24) is 4.90 Å². The molecule has 25 heavy (non-hydrogen) atoms. The van der Waals surface area contributed by atoms with E-state index >= 15 is 4.39 Å². The summed E-state index contributed by atoms with van der Waals surface area (Å²) in [6.07, 6.45) is -0.814. The summed E-state index contributed by atoms with van der Waals surface area (Å²) in [5.74, 6) is -0.435. The van der Waals surface area contributed by atoms with Crippen molar-refractivity contribution in [3.63, 3.8) is 0 Å². The smallest absolute Gasteiger partial charge is 0.407 e. The first-order valence-corrected chi connectivity index (χ1v) is 8.54. The molecule has 6 heteroatoms. The summed E-state index contributed by atoms with van der Waals surface area (Å²) in [5, 5.41) is 9.41. The number of likely N-dealkylation sites (tertiary alicyclic amines) is 1. The Morgan fingerprint density at radius 2 is 1.92 bits per heavy atom. The molecule has 0 aromatic heterocycles. The molecule has 0 bridgehead atoms. The molecule has 1 amide bonds. The van der Waals surface area contributed by atoms with Crippen LogP contribution in [0.15, 0.2) is 24.3 Å². The number of amides is 1. The van der Waals surface area contributed by atoms with Crippen molar-refractivity contribution < 1.29 is 23.8 Å². The van der Waals surface area contributed by atoms with Crippen LogP contribution in [0.2, 0.25) is 0 Å². The van der Waals surface area contributed by atoms with Crippen LogP contribution in [0.1, 0.15) is 56.5 Å². The number of esters is 1. The number of nitrogens with zero attached hydrogens (tertiary/aromatic N) is 1. The van der Waals surface area contributed by atoms with E-state index in [4.69, 9.17) is 4.74 Å². The lowest BCUT2D eigenvalue weighted by molar-refractivity contribution is -0.0178. The number of carbonyl (C=O) groups excluding carboxylic acids is 1. The van der Waals surface area contributed by atoms with Crippen molar-refractivity contribution in [1.29, 1.82) is 0 Å². The Labute approximate surface area is 147 Å². The third-order valence-electron chi connectivity index (χ3n) is 4.80. The van der Waals surface area contributed by atoms with Gasteiger partial charge >= 0.3 is 12.1 Å². The minimum atomic E-state index is -1.61. The number of halogens is 1. The van der Waals surface area contributed by atoms with Gasteiger partial charge < -0.3 is 14.7 Å². The lowest BCUT2D eigenvalue weighted by atomic mass is 9.73. The van der Waals surface area contributed by atoms with Crippen molar-refractivity contribution in [3.05, 3.63) is 35.4 Å². The molecule has 0 radical (unpaired) electrons. The fourth-order valence-electron chi connectivity index (χ4n) is 3.36. The van der Waals surface area contributed by atoms with Gasteiger partial charge in [-0.3, -0.25) is 0 Å². The predicted octanol–water partition coefficient (Wildman–Crippen LogP) is 4.22. The molecule has 1 fully saturated rings. The van der Waals surface area contributed by atoms with Gasteiger partial charge in [-0.25, -0.2) is 14.0 Å². The molecule has 0 aliphatic carbocycles. The number of alkyl halides is 1. The van der Waals surface area contributed by atoms with Crippen LogP contribution < -0.4 is 0 Å². The van der Waals surface area contributed by atoms with Crippen molar-refractivity contribution in [2.24, 2.45) is 5.41 Å². The Morgan fingerprint density at radius 3 is 2.40 bits per heavy atom. The van der Waals surface area contributed by atoms with Crippen LogP contribution in [0, 0.1) is 5.41 Å². The van der Waals surface area contributed by atoms with E-state index in [0.717, 1.165) is 0 Å². The average molecular weight is 351 g/mol. The van der Waals surface area contributed by atoms with Crippen LogP contribution in [0.4, 0.5) is 9.18 Å². The number of rotatable bonds is 3. The Balaban J connectivity index is 2.26. The zero-order valence-electron chi connectivity index (χ0n) is 15.2. The van der Waals surface area contributed by atoms with Crippen LogP contribution in [-0.2, 0) is 10.4 Å². The summed E-state index contributed by atoms with van der Waals surface area (Å²) in [6.45, 7) is 7.92. The third kappa shape index (κ3) is 4.11. The highest BCUT2D eigenvalue weighted by Gasteiger charge is 2.47. The van der Waals surface area contributed by atoms with Crippen molar-refractivity contribution in [2.45, 2.75) is 52.2 Å². The average Bonchev–Trinajstić information content (AvgIpc) is 2.54. The maximum Gasteiger partial charge on any atom is 0.407 e. The first kappa shape index (κ1) is 19.2. The molecule has 1 saturated heterocycles. The summed E-state index contributed by atoms with van der Waals surface area (Å²) >= 11 is 0. The topological polar surface area (TPSA) is 66.8 Å². The Hall–Kier alpha value is -2.11. The number of hydrogen-bond acceptors (Lipinski definition) is 3. The molecule has 2 rings (SSSR count). The molecule has 1 N–H and O–H groups in total. The number of hydrogen-bond donors (Lipinski definition) is 1. The second-order valence-corrected chi connectivity index (χ2v) is 7.58. The first-order chi connectivity index (χ1) is 11.6. The maximum atomic E-state index is 15.7. The SMILES string of the molecule is CCOC(=O)c1ccc(C2(F)CCN(C(=O)O)C(C(C)(C)C)C2)cc1. The standard InChI is InChI=1S/C19H26FNO4/c1-5-25-16(22)13-6-8-14(9-7-13)19(20)10-11-21(17(23)24)15(12-19)18(2,3)4/h6-9,15H,5,10-12H2,1-4H3,(H,23,24). The molecule has 1 aliphatic rings. The van der Waals surface area contributed by atoms with Gasteiger partial charge in [-0.1, -0.05) is 32.9 Å². The van der Waals surface area contributed by atoms with E-state index in [-0.39, 0.29) is 31.4 Å². The predicted molar refractivity (Wildman–Crippen MR) is 92.4 cm³/mol. The summed E-state index contributed by atoms with van der Waals surface area (Å²) in [4.78, 5) is 24.6. The largest absolute Gasteiger partial charge is 0.465 e. The number of carbonyl (C=O) groups is 2. The second-order valence-electron chi connectivity index (χ2n) is 7.58. The van der Waals surface area contributed by atoms with E-state index in [2.05, 4.69) is 0 Å². The molecule has 2 unspecified atom stereocenters. The monoisotopic (exact) mass is 351 g/mol. The molecule has 1 aromatic carbocycles.